The van der Waals surface area contributed by atoms with Gasteiger partial charge in [-0.1, -0.05) is 24.3 Å². The number of allylic oxidation sites excluding steroid dienone is 1. The van der Waals surface area contributed by atoms with Crippen LogP contribution in [-0.2, 0) is 23.9 Å². The number of benzene rings is 2. The van der Waals surface area contributed by atoms with Gasteiger partial charge in [0.25, 0.3) is 11.8 Å². The van der Waals surface area contributed by atoms with Crippen LogP contribution < -0.4 is 15.0 Å². The number of rotatable bonds is 8. The molecule has 0 saturated carbocycles. The summed E-state index contributed by atoms with van der Waals surface area (Å²) < 4.78 is 16.0. The maximum Gasteiger partial charge on any atom is 0.340 e. The van der Waals surface area contributed by atoms with Gasteiger partial charge in [-0.15, -0.1) is 0 Å². The fourth-order valence-electron chi connectivity index (χ4n) is 4.32. The van der Waals surface area contributed by atoms with Crippen molar-refractivity contribution in [2.45, 2.75) is 32.8 Å². The summed E-state index contributed by atoms with van der Waals surface area (Å²) in [7, 11) is 1.29. The first kappa shape index (κ1) is 25.2. The van der Waals surface area contributed by atoms with Gasteiger partial charge in [0.15, 0.2) is 6.61 Å². The Balaban J connectivity index is 1.47. The van der Waals surface area contributed by atoms with Gasteiger partial charge in [0.2, 0.25) is 0 Å². The van der Waals surface area contributed by atoms with Crippen LogP contribution in [0.3, 0.4) is 0 Å². The number of anilines is 1. The molecule has 2 aromatic rings. The van der Waals surface area contributed by atoms with Crippen LogP contribution in [0.25, 0.3) is 6.08 Å². The van der Waals surface area contributed by atoms with Gasteiger partial charge in [-0.3, -0.25) is 14.5 Å². The molecular weight excluding hydrogens is 460 g/mol. The Bertz CT molecular complexity index is 1210. The molecule has 1 fully saturated rings. The number of methoxy groups -OCH3 is 1. The summed E-state index contributed by atoms with van der Waals surface area (Å²) in [6.45, 7) is 4.79. The second-order valence-corrected chi connectivity index (χ2v) is 8.79. The summed E-state index contributed by atoms with van der Waals surface area (Å²) in [4.78, 5) is 39.6. The summed E-state index contributed by atoms with van der Waals surface area (Å²) >= 11 is 0. The van der Waals surface area contributed by atoms with Crippen molar-refractivity contribution in [3.05, 3.63) is 76.5 Å². The van der Waals surface area contributed by atoms with Crippen LogP contribution in [0.15, 0.2) is 65.4 Å². The molecule has 0 aromatic heterocycles. The Morgan fingerprint density at radius 2 is 1.94 bits per heavy atom. The molecule has 0 spiro atoms. The highest BCUT2D eigenvalue weighted by Gasteiger charge is 2.37. The number of hydrogen-bond acceptors (Lipinski definition) is 6. The molecular formula is C28H30N2O6. The van der Waals surface area contributed by atoms with Crippen molar-refractivity contribution in [2.24, 2.45) is 0 Å². The van der Waals surface area contributed by atoms with Gasteiger partial charge in [0.05, 0.1) is 24.4 Å². The minimum atomic E-state index is -0.573. The average molecular weight is 491 g/mol. The summed E-state index contributed by atoms with van der Waals surface area (Å²) in [6, 6.07) is 14.5. The highest BCUT2D eigenvalue weighted by molar-refractivity contribution is 6.23. The van der Waals surface area contributed by atoms with Crippen molar-refractivity contribution in [2.75, 3.05) is 31.8 Å². The van der Waals surface area contributed by atoms with Crippen molar-refractivity contribution in [1.82, 2.24) is 5.32 Å². The monoisotopic (exact) mass is 490 g/mol. The smallest absolute Gasteiger partial charge is 0.340 e. The number of carbonyl (C=O) groups is 3. The number of esters is 1. The lowest BCUT2D eigenvalue weighted by Gasteiger charge is -2.18. The molecule has 8 heteroatoms. The van der Waals surface area contributed by atoms with Crippen LogP contribution in [-0.4, -0.2) is 50.8 Å². The molecule has 0 aliphatic carbocycles. The second-order valence-electron chi connectivity index (χ2n) is 8.79. The molecule has 0 unspecified atom stereocenters. The van der Waals surface area contributed by atoms with Gasteiger partial charge < -0.3 is 19.5 Å². The molecule has 2 amide bonds. The SMILES string of the molecule is COC(=O)C1=C(C)N(c2cccc(C)c2)C(=O)/C1=C\c1ccc(OCC(=O)NC[C@@H]2CCCO2)cc1. The Kier molecular flexibility index (Phi) is 7.85. The largest absolute Gasteiger partial charge is 0.484 e. The molecule has 8 nitrogen and oxygen atoms in total. The van der Waals surface area contributed by atoms with Gasteiger partial charge in [-0.05, 0) is 68.2 Å². The molecule has 2 aromatic carbocycles. The van der Waals surface area contributed by atoms with E-state index >= 15 is 0 Å². The lowest BCUT2D eigenvalue weighted by molar-refractivity contribution is -0.136. The van der Waals surface area contributed by atoms with E-state index < -0.39 is 5.97 Å². The van der Waals surface area contributed by atoms with Crippen molar-refractivity contribution in [3.8, 4) is 5.75 Å². The van der Waals surface area contributed by atoms with Crippen LogP contribution in [0.4, 0.5) is 5.69 Å². The first-order valence-corrected chi connectivity index (χ1v) is 11.9. The molecule has 36 heavy (non-hydrogen) atoms. The lowest BCUT2D eigenvalue weighted by Crippen LogP contribution is -2.35. The van der Waals surface area contributed by atoms with E-state index in [2.05, 4.69) is 5.32 Å². The van der Waals surface area contributed by atoms with E-state index in [9.17, 15) is 14.4 Å². The van der Waals surface area contributed by atoms with E-state index in [1.807, 2.05) is 31.2 Å². The van der Waals surface area contributed by atoms with Crippen molar-refractivity contribution >= 4 is 29.5 Å². The van der Waals surface area contributed by atoms with Crippen LogP contribution in [0, 0.1) is 6.92 Å². The first-order chi connectivity index (χ1) is 17.4. The van der Waals surface area contributed by atoms with Crippen LogP contribution >= 0.6 is 0 Å². The Morgan fingerprint density at radius 1 is 1.17 bits per heavy atom. The molecule has 188 valence electrons. The Hall–Kier alpha value is -3.91. The summed E-state index contributed by atoms with van der Waals surface area (Å²) in [5.74, 6) is -0.575. The van der Waals surface area contributed by atoms with Gasteiger partial charge >= 0.3 is 5.97 Å². The molecule has 2 aliphatic heterocycles. The molecule has 1 N–H and O–H groups in total. The van der Waals surface area contributed by atoms with Crippen LogP contribution in [0.5, 0.6) is 5.75 Å². The number of nitrogens with one attached hydrogen (secondary N) is 1. The Labute approximate surface area is 210 Å². The zero-order valence-corrected chi connectivity index (χ0v) is 20.7. The number of aryl methyl sites for hydroxylation is 1. The van der Waals surface area contributed by atoms with Crippen molar-refractivity contribution in [1.29, 1.82) is 0 Å². The molecule has 2 aliphatic rings. The highest BCUT2D eigenvalue weighted by atomic mass is 16.5. The van der Waals surface area contributed by atoms with Crippen molar-refractivity contribution in [3.63, 3.8) is 0 Å². The molecule has 1 atom stereocenters. The van der Waals surface area contributed by atoms with Gasteiger partial charge in [0, 0.05) is 24.5 Å². The number of amides is 2. The van der Waals surface area contributed by atoms with Gasteiger partial charge in [-0.2, -0.15) is 0 Å². The maximum absolute atomic E-state index is 13.4. The van der Waals surface area contributed by atoms with E-state index in [1.165, 1.54) is 12.0 Å². The highest BCUT2D eigenvalue weighted by Crippen LogP contribution is 2.35. The normalized spacial score (nSPS) is 18.6. The van der Waals surface area contributed by atoms with Crippen molar-refractivity contribution < 1.29 is 28.6 Å². The third-order valence-corrected chi connectivity index (χ3v) is 6.16. The summed E-state index contributed by atoms with van der Waals surface area (Å²) in [5, 5.41) is 2.82. The van der Waals surface area contributed by atoms with Crippen LogP contribution in [0.2, 0.25) is 0 Å². The maximum atomic E-state index is 13.4. The third-order valence-electron chi connectivity index (χ3n) is 6.16. The number of carbonyl (C=O) groups excluding carboxylic acids is 3. The lowest BCUT2D eigenvalue weighted by atomic mass is 10.0. The second kappa shape index (κ2) is 11.2. The van der Waals surface area contributed by atoms with E-state index in [0.29, 0.717) is 29.2 Å². The number of hydrogen-bond donors (Lipinski definition) is 1. The minimum absolute atomic E-state index is 0.0778. The third kappa shape index (κ3) is 5.66. The number of ether oxygens (including phenoxy) is 3. The van der Waals surface area contributed by atoms with E-state index in [1.54, 1.807) is 37.3 Å². The zero-order chi connectivity index (χ0) is 25.7. The summed E-state index contributed by atoms with van der Waals surface area (Å²) in [6.07, 6.45) is 3.71. The fraction of sp³-hybridized carbons (Fsp3) is 0.321. The molecule has 0 radical (unpaired) electrons. The van der Waals surface area contributed by atoms with Crippen LogP contribution in [0.1, 0.15) is 30.9 Å². The first-order valence-electron chi connectivity index (χ1n) is 11.9. The predicted molar refractivity (Wildman–Crippen MR) is 135 cm³/mol. The zero-order valence-electron chi connectivity index (χ0n) is 20.7. The molecule has 4 rings (SSSR count). The van der Waals surface area contributed by atoms with E-state index in [4.69, 9.17) is 14.2 Å². The Morgan fingerprint density at radius 3 is 2.61 bits per heavy atom. The molecule has 1 saturated heterocycles. The molecule has 2 heterocycles. The quantitative estimate of drug-likeness (QED) is 0.449. The van der Waals surface area contributed by atoms with E-state index in [0.717, 1.165) is 25.0 Å². The van der Waals surface area contributed by atoms with Gasteiger partial charge in [-0.25, -0.2) is 4.79 Å². The minimum Gasteiger partial charge on any atom is -0.484 e. The van der Waals surface area contributed by atoms with Gasteiger partial charge in [0.1, 0.15) is 5.75 Å². The topological polar surface area (TPSA) is 94.2 Å². The summed E-state index contributed by atoms with van der Waals surface area (Å²) in [5.41, 5.74) is 3.38. The average Bonchev–Trinajstić information content (AvgIpc) is 3.48. The predicted octanol–water partition coefficient (Wildman–Crippen LogP) is 3.55. The standard InChI is InChI=1S/C28H30N2O6/c1-18-6-4-7-21(14-18)30-19(2)26(28(33)34-3)24(27(30)32)15-20-9-11-22(12-10-20)36-17-25(31)29-16-23-8-5-13-35-23/h4,6-7,9-12,14-15,23H,5,8,13,16-17H2,1-3H3,(H,29,31)/b24-15-/t23-/m0/s1. The van der Waals surface area contributed by atoms with E-state index in [-0.39, 0.29) is 35.7 Å². The number of nitrogens with zero attached hydrogens (tertiary/aromatic N) is 1. The fourth-order valence-corrected chi connectivity index (χ4v) is 4.32. The molecule has 0 bridgehead atoms.